The van der Waals surface area contributed by atoms with Gasteiger partial charge in [0.2, 0.25) is 0 Å². The van der Waals surface area contributed by atoms with Crippen LogP contribution in [0.5, 0.6) is 0 Å². The normalized spacial score (nSPS) is 21.3. The molecular formula is C95H107Br8Cl2N7O10Si. The molecule has 0 saturated heterocycles. The van der Waals surface area contributed by atoms with Gasteiger partial charge < -0.3 is 57.8 Å². The minimum Gasteiger partial charge on any atom is -0.481 e. The number of nitrogens with two attached hydrogens (primary N) is 4. The molecule has 6 unspecified atom stereocenters. The van der Waals surface area contributed by atoms with Crippen molar-refractivity contribution >= 4 is 184 Å². The second-order valence-electron chi connectivity index (χ2n) is 33.4. The van der Waals surface area contributed by atoms with Gasteiger partial charge in [-0.25, -0.2) is 0 Å². The van der Waals surface area contributed by atoms with Gasteiger partial charge in [-0.15, -0.1) is 24.8 Å². The summed E-state index contributed by atoms with van der Waals surface area (Å²) in [5.41, 5.74) is 39.9. The highest BCUT2D eigenvalue weighted by Gasteiger charge is 2.42. The average Bonchev–Trinajstić information content (AvgIpc) is 0.803. The Morgan fingerprint density at radius 3 is 1.25 bits per heavy atom. The number of nitrogens with one attached hydrogen (secondary N) is 1. The van der Waals surface area contributed by atoms with Gasteiger partial charge in [0.05, 0.1) is 38.9 Å². The molecule has 0 heterocycles. The molecule has 123 heavy (non-hydrogen) atoms. The molecular weight excluding hydrogens is 2140 g/mol. The van der Waals surface area contributed by atoms with Crippen molar-refractivity contribution in [2.75, 3.05) is 20.3 Å². The fraction of sp³-hybridized carbons (Fsp3) is 0.368. The first-order chi connectivity index (χ1) is 57.3. The monoisotopic (exact) mass is 2240 g/mol. The van der Waals surface area contributed by atoms with E-state index in [9.17, 15) is 34.7 Å². The van der Waals surface area contributed by atoms with Gasteiger partial charge in [0.25, 0.3) is 0 Å². The van der Waals surface area contributed by atoms with Gasteiger partial charge >= 0.3 is 17.9 Å². The number of methoxy groups -OCH3 is 1. The molecule has 0 fully saturated rings. The molecule has 0 saturated carbocycles. The molecule has 16 rings (SSSR count). The van der Waals surface area contributed by atoms with Gasteiger partial charge in [0.1, 0.15) is 28.0 Å². The van der Waals surface area contributed by atoms with Crippen molar-refractivity contribution in [3.63, 3.8) is 0 Å². The lowest BCUT2D eigenvalue weighted by molar-refractivity contribution is -0.147. The minimum absolute atomic E-state index is 0. The van der Waals surface area contributed by atoms with E-state index in [0.717, 1.165) is 149 Å². The second kappa shape index (κ2) is 47.6. The van der Waals surface area contributed by atoms with E-state index in [4.69, 9.17) is 47.6 Å². The number of rotatable bonds is 11. The van der Waals surface area contributed by atoms with Gasteiger partial charge in [-0.05, 0) is 302 Å². The highest BCUT2D eigenvalue weighted by molar-refractivity contribution is 9.11. The van der Waals surface area contributed by atoms with Crippen LogP contribution in [0.2, 0.25) is 19.6 Å². The van der Waals surface area contributed by atoms with E-state index in [2.05, 4.69) is 256 Å². The number of carbonyl (C=O) groups excluding carboxylic acids is 2. The third-order valence-corrected chi connectivity index (χ3v) is 27.7. The summed E-state index contributed by atoms with van der Waals surface area (Å²) in [5, 5.41) is 58.7. The number of Topliss-reactive ketones (excluding diaryl/α,β-unsaturated/α-hetero) is 1. The van der Waals surface area contributed by atoms with Crippen molar-refractivity contribution in [3.05, 3.63) is 307 Å². The van der Waals surface area contributed by atoms with Crippen LogP contribution in [0.15, 0.2) is 218 Å². The highest BCUT2D eigenvalue weighted by Crippen LogP contribution is 2.38. The third-order valence-electron chi connectivity index (χ3n) is 22.7. The molecule has 28 heteroatoms. The van der Waals surface area contributed by atoms with Crippen LogP contribution in [0.3, 0.4) is 0 Å². The van der Waals surface area contributed by atoms with E-state index in [-0.39, 0.29) is 56.0 Å². The number of benzene rings is 9. The van der Waals surface area contributed by atoms with Gasteiger partial charge in [0, 0.05) is 91.9 Å². The first-order valence-corrected chi connectivity index (χ1v) is 50.0. The quantitative estimate of drug-likeness (QED) is 0.0429. The number of hydrogen-bond acceptors (Lipinski definition) is 15. The fourth-order valence-electron chi connectivity index (χ4n) is 15.9. The molecule has 9 aromatic carbocycles. The van der Waals surface area contributed by atoms with Gasteiger partial charge in [-0.3, -0.25) is 19.2 Å². The van der Waals surface area contributed by atoms with Gasteiger partial charge in [-0.2, -0.15) is 10.5 Å². The predicted molar refractivity (Wildman–Crippen MR) is 524 cm³/mol. The molecule has 0 radical (unpaired) electrons. The molecule has 6 atom stereocenters. The van der Waals surface area contributed by atoms with E-state index >= 15 is 0 Å². The number of aliphatic hydroxyl groups is 2. The molecule has 17 nitrogen and oxygen atoms in total. The van der Waals surface area contributed by atoms with E-state index in [1.165, 1.54) is 79.4 Å². The van der Waals surface area contributed by atoms with E-state index in [1.54, 1.807) is 12.1 Å². The van der Waals surface area contributed by atoms with Crippen molar-refractivity contribution < 1.29 is 48.8 Å². The van der Waals surface area contributed by atoms with E-state index in [1.807, 2.05) is 78.9 Å². The Morgan fingerprint density at radius 1 is 0.431 bits per heavy atom. The van der Waals surface area contributed by atoms with Gasteiger partial charge in [-0.1, -0.05) is 212 Å². The maximum Gasteiger partial charge on any atom is 0.326 e. The van der Waals surface area contributed by atoms with E-state index in [0.29, 0.717) is 50.7 Å². The van der Waals surface area contributed by atoms with Crippen molar-refractivity contribution in [3.8, 4) is 12.1 Å². The fourth-order valence-corrected chi connectivity index (χ4v) is 20.4. The number of carboxylic acids is 2. The largest absolute Gasteiger partial charge is 0.481 e. The van der Waals surface area contributed by atoms with E-state index < -0.39 is 48.0 Å². The molecule has 0 amide bonds. The van der Waals surface area contributed by atoms with Crippen LogP contribution >= 0.6 is 152 Å². The zero-order valence-electron chi connectivity index (χ0n) is 69.3. The first kappa shape index (κ1) is 104. The number of fused-ring (bicyclic) bond motifs is 7. The summed E-state index contributed by atoms with van der Waals surface area (Å²) in [7, 11) is -0.319. The topological polar surface area (TPSA) is 331 Å². The Balaban J connectivity index is 0.000000194. The number of aliphatic hydroxyl groups excluding tert-OH is 2. The lowest BCUT2D eigenvalue weighted by atomic mass is 9.78. The Morgan fingerprint density at radius 2 is 0.821 bits per heavy atom. The van der Waals surface area contributed by atoms with Crippen LogP contribution in [0.25, 0.3) is 0 Å². The number of carbonyl (C=O) groups is 4. The zero-order valence-corrected chi connectivity index (χ0v) is 84.6. The average molecular weight is 2250 g/mol. The molecule has 0 aliphatic heterocycles. The number of aliphatic carboxylic acids is 2. The molecule has 13 N–H and O–H groups in total. The number of nitriles is 2. The SMILES string of the molecule is COC(=O)C1(N)CCc2cc(Br)ccc2C1.C[Si](C)(C)OC1(C#N)CCc2cc(Br)ccc2C1.Cl.Cl.N#CC1(N)CCc2cc(Br)ccc2C1.NC1(C(=O)O)CCc2cc(Br)ccc2C1.NC1(CO)CCc2cc(Br)ccc2C1.O=C(O)Cc1ccc(Br)cc1.O=C1CCc2cc(Br)ccc2C1.OCC1(NCc2ccccc2)CCc2cc(Br)ccc2C1. The molecule has 656 valence electrons. The van der Waals surface area contributed by atoms with Gasteiger partial charge in [0.15, 0.2) is 8.32 Å². The van der Waals surface area contributed by atoms with Crippen LogP contribution in [0, 0.1) is 22.7 Å². The van der Waals surface area contributed by atoms with Crippen LogP contribution in [0.1, 0.15) is 134 Å². The van der Waals surface area contributed by atoms with Crippen molar-refractivity contribution in [2.45, 2.75) is 201 Å². The predicted octanol–water partition coefficient (Wildman–Crippen LogP) is 20.3. The van der Waals surface area contributed by atoms with Crippen LogP contribution in [0.4, 0.5) is 0 Å². The van der Waals surface area contributed by atoms with Crippen LogP contribution in [-0.4, -0.2) is 106 Å². The minimum atomic E-state index is -1.70. The second-order valence-corrected chi connectivity index (χ2v) is 45.1. The summed E-state index contributed by atoms with van der Waals surface area (Å²) >= 11 is 27.4. The number of halogens is 10. The Bertz CT molecular complexity index is 5240. The summed E-state index contributed by atoms with van der Waals surface area (Å²) in [6, 6.07) is 65.6. The summed E-state index contributed by atoms with van der Waals surface area (Å²) in [6.45, 7) is 7.47. The number of hydrogen-bond donors (Lipinski definition) is 9. The molecule has 0 aromatic heterocycles. The molecule has 9 aromatic rings. The summed E-state index contributed by atoms with van der Waals surface area (Å²) in [5.74, 6) is -1.66. The number of aryl methyl sites for hydroxylation is 7. The Kier molecular flexibility index (Phi) is 40.4. The van der Waals surface area contributed by atoms with Crippen LogP contribution in [-0.2, 0) is 131 Å². The number of nitrogens with zero attached hydrogens (tertiary/aromatic N) is 2. The van der Waals surface area contributed by atoms with Crippen molar-refractivity contribution in [1.29, 1.82) is 10.5 Å². The number of ether oxygens (including phenoxy) is 1. The lowest BCUT2D eigenvalue weighted by Crippen LogP contribution is -2.52. The highest BCUT2D eigenvalue weighted by atomic mass is 79.9. The Hall–Kier alpha value is -5.64. The molecule has 0 bridgehead atoms. The first-order valence-electron chi connectivity index (χ1n) is 40.2. The van der Waals surface area contributed by atoms with Crippen molar-refractivity contribution in [1.82, 2.24) is 5.32 Å². The molecule has 7 aliphatic rings. The van der Waals surface area contributed by atoms with Crippen LogP contribution < -0.4 is 28.3 Å². The van der Waals surface area contributed by atoms with Crippen molar-refractivity contribution in [2.24, 2.45) is 22.9 Å². The number of esters is 1. The maximum atomic E-state index is 11.6. The number of ketones is 1. The molecule has 7 aliphatic carbocycles. The Labute approximate surface area is 803 Å². The third kappa shape index (κ3) is 31.3. The summed E-state index contributed by atoms with van der Waals surface area (Å²) in [4.78, 5) is 44.0. The standard InChI is InChI=1S/C18H20BrNO.C14H18BrNOSi.C12H14BrNO2.C11H11BrN2.C11H12BrNO2.C11H14BrNO.C10H9BrO.C8H7BrO2.2ClH/c19-17-7-6-16-11-18(13-21,9-8-15(16)10-17)20-12-14-4-2-1-3-5-14;1-18(2,3)17-14(10-16)7-6-11-8-13(15)5-4-12(11)9-14;1-16-11(15)12(14)5-4-8-6-10(13)3-2-9(8)7-12;12-10-2-1-9-6-11(14,7-13)4-3-8(9)5-10;12-9-2-1-8-6-11(13,10(14)15)4-3-7(8)5-9;12-10-2-1-9-6-11(13,7-14)4-3-8(9)5-10;11-9-3-1-8-6-10(12)4-2-7(8)5-9;9-7-3-1-6(2-4-7)5-8(10)11;;/h1-7,10,20-21H,8-9,11-13H2;4-5,8H,6-7,9H2,1-3H3;2-3,6H,4-5,7,14H2,1H3;1-2,5H,3-4,6,14H2;1-2,5H,3-4,6,13H2,(H,14,15);1-2,5,14H,3-4,6-7,13H2;1,3,5H,2,4,6H2;1-4H,5H2,(H,10,11);2*1H. The number of carboxylic acid groups (broad SMARTS) is 2. The summed E-state index contributed by atoms with van der Waals surface area (Å²) in [6.07, 6.45) is 16.3. The smallest absolute Gasteiger partial charge is 0.326 e. The maximum absolute atomic E-state index is 11.6. The molecule has 0 spiro atoms. The lowest BCUT2D eigenvalue weighted by Gasteiger charge is -2.38. The zero-order chi connectivity index (χ0) is 88.1. The summed E-state index contributed by atoms with van der Waals surface area (Å²) < 4.78 is 19.5.